The van der Waals surface area contributed by atoms with E-state index in [1.165, 1.54) is 11.0 Å². The molecule has 3 aromatic rings. The lowest BCUT2D eigenvalue weighted by Gasteiger charge is -2.17. The fourth-order valence-electron chi connectivity index (χ4n) is 3.68. The molecular formula is C22H20F2N4O2. The lowest BCUT2D eigenvalue weighted by molar-refractivity contribution is -0.122. The Hall–Kier alpha value is -3.55. The third-order valence-electron chi connectivity index (χ3n) is 5.28. The highest BCUT2D eigenvalue weighted by Gasteiger charge is 2.36. The van der Waals surface area contributed by atoms with Crippen molar-refractivity contribution >= 4 is 23.3 Å². The molecule has 0 saturated carbocycles. The summed E-state index contributed by atoms with van der Waals surface area (Å²) in [7, 11) is 1.74. The standard InChI is InChI=1S/C22H20F2N4O2/c1-13-20(14-6-4-3-5-7-14)26-27(2)21(13)25-22(30)15-10-19(29)28(12-15)16-8-9-17(23)18(24)11-16/h3-9,11,15H,10,12H2,1-2H3,(H,25,30). The normalized spacial score (nSPS) is 16.2. The Bertz CT molecular complexity index is 1130. The van der Waals surface area contributed by atoms with E-state index in [1.807, 2.05) is 37.3 Å². The number of halogens is 2. The molecule has 6 nitrogen and oxygen atoms in total. The van der Waals surface area contributed by atoms with E-state index in [-0.39, 0.29) is 30.5 Å². The molecule has 1 unspecified atom stereocenters. The van der Waals surface area contributed by atoms with E-state index in [1.54, 1.807) is 11.7 Å². The van der Waals surface area contributed by atoms with Crippen LogP contribution in [0.5, 0.6) is 0 Å². The van der Waals surface area contributed by atoms with Crippen LogP contribution < -0.4 is 10.2 Å². The Kier molecular flexibility index (Phi) is 5.07. The quantitative estimate of drug-likeness (QED) is 0.714. The van der Waals surface area contributed by atoms with Gasteiger partial charge in [-0.25, -0.2) is 8.78 Å². The van der Waals surface area contributed by atoms with Gasteiger partial charge in [-0.2, -0.15) is 5.10 Å². The first-order valence-corrected chi connectivity index (χ1v) is 9.50. The molecular weight excluding hydrogens is 390 g/mol. The van der Waals surface area contributed by atoms with E-state index in [0.29, 0.717) is 5.82 Å². The summed E-state index contributed by atoms with van der Waals surface area (Å²) in [6.07, 6.45) is -0.00668. The van der Waals surface area contributed by atoms with Crippen LogP contribution in [0.25, 0.3) is 11.3 Å². The Morgan fingerprint density at radius 3 is 2.57 bits per heavy atom. The first kappa shape index (κ1) is 19.8. The van der Waals surface area contributed by atoms with Gasteiger partial charge in [0, 0.05) is 42.9 Å². The van der Waals surface area contributed by atoms with Gasteiger partial charge in [-0.3, -0.25) is 14.3 Å². The van der Waals surface area contributed by atoms with Crippen LogP contribution in [0.4, 0.5) is 20.3 Å². The highest BCUT2D eigenvalue weighted by Crippen LogP contribution is 2.30. The van der Waals surface area contributed by atoms with Gasteiger partial charge in [0.1, 0.15) is 5.82 Å². The second kappa shape index (κ2) is 7.70. The van der Waals surface area contributed by atoms with Gasteiger partial charge >= 0.3 is 0 Å². The van der Waals surface area contributed by atoms with E-state index in [9.17, 15) is 18.4 Å². The predicted octanol–water partition coefficient (Wildman–Crippen LogP) is 3.67. The van der Waals surface area contributed by atoms with Crippen LogP contribution in [0.3, 0.4) is 0 Å². The Balaban J connectivity index is 1.52. The number of hydrogen-bond donors (Lipinski definition) is 1. The summed E-state index contributed by atoms with van der Waals surface area (Å²) >= 11 is 0. The van der Waals surface area contributed by atoms with Gasteiger partial charge in [0.15, 0.2) is 11.6 Å². The van der Waals surface area contributed by atoms with Crippen LogP contribution in [-0.2, 0) is 16.6 Å². The smallest absolute Gasteiger partial charge is 0.230 e. The third-order valence-corrected chi connectivity index (χ3v) is 5.28. The first-order chi connectivity index (χ1) is 14.3. The summed E-state index contributed by atoms with van der Waals surface area (Å²) < 4.78 is 28.3. The van der Waals surface area contributed by atoms with Gasteiger partial charge in [-0.05, 0) is 19.1 Å². The van der Waals surface area contributed by atoms with E-state index in [4.69, 9.17) is 0 Å². The maximum atomic E-state index is 13.5. The van der Waals surface area contributed by atoms with Crippen LogP contribution >= 0.6 is 0 Å². The number of benzene rings is 2. The number of rotatable bonds is 4. The monoisotopic (exact) mass is 410 g/mol. The van der Waals surface area contributed by atoms with Crippen molar-refractivity contribution in [3.05, 3.63) is 65.7 Å². The van der Waals surface area contributed by atoms with Crippen molar-refractivity contribution in [1.29, 1.82) is 0 Å². The number of carbonyl (C=O) groups excluding carboxylic acids is 2. The first-order valence-electron chi connectivity index (χ1n) is 9.50. The van der Waals surface area contributed by atoms with Crippen molar-refractivity contribution in [3.8, 4) is 11.3 Å². The lowest BCUT2D eigenvalue weighted by atomic mass is 10.1. The molecule has 1 fully saturated rings. The molecule has 1 aliphatic rings. The van der Waals surface area contributed by atoms with E-state index >= 15 is 0 Å². The average molecular weight is 410 g/mol. The SMILES string of the molecule is Cc1c(-c2ccccc2)nn(C)c1NC(=O)C1CC(=O)N(c2ccc(F)c(F)c2)C1. The molecule has 1 saturated heterocycles. The zero-order chi connectivity index (χ0) is 21.4. The minimum Gasteiger partial charge on any atom is -0.311 e. The maximum Gasteiger partial charge on any atom is 0.230 e. The minimum atomic E-state index is -1.04. The molecule has 0 radical (unpaired) electrons. The van der Waals surface area contributed by atoms with Crippen LogP contribution in [0.2, 0.25) is 0 Å². The minimum absolute atomic E-state index is 0.00668. The molecule has 154 valence electrons. The molecule has 30 heavy (non-hydrogen) atoms. The molecule has 1 atom stereocenters. The topological polar surface area (TPSA) is 67.2 Å². The highest BCUT2D eigenvalue weighted by molar-refractivity contribution is 6.03. The second-order valence-corrected chi connectivity index (χ2v) is 7.30. The molecule has 0 bridgehead atoms. The van der Waals surface area contributed by atoms with Crippen LogP contribution in [0.15, 0.2) is 48.5 Å². The molecule has 4 rings (SSSR count). The number of nitrogens with one attached hydrogen (secondary N) is 1. The summed E-state index contributed by atoms with van der Waals surface area (Å²) in [5.74, 6) is -2.71. The second-order valence-electron chi connectivity index (χ2n) is 7.30. The number of anilines is 2. The number of hydrogen-bond acceptors (Lipinski definition) is 3. The van der Waals surface area contributed by atoms with E-state index in [0.717, 1.165) is 29.0 Å². The van der Waals surface area contributed by atoms with Crippen molar-refractivity contribution < 1.29 is 18.4 Å². The average Bonchev–Trinajstić information content (AvgIpc) is 3.25. The van der Waals surface area contributed by atoms with Gasteiger partial charge in [0.25, 0.3) is 0 Å². The number of aromatic nitrogens is 2. The Morgan fingerprint density at radius 1 is 1.13 bits per heavy atom. The molecule has 2 amide bonds. The summed E-state index contributed by atoms with van der Waals surface area (Å²) in [5, 5.41) is 7.38. The fourth-order valence-corrected chi connectivity index (χ4v) is 3.68. The van der Waals surface area contributed by atoms with E-state index < -0.39 is 17.6 Å². The van der Waals surface area contributed by atoms with Gasteiger partial charge < -0.3 is 10.2 Å². The van der Waals surface area contributed by atoms with Gasteiger partial charge in [0.05, 0.1) is 11.6 Å². The van der Waals surface area contributed by atoms with Gasteiger partial charge in [-0.15, -0.1) is 0 Å². The molecule has 1 aliphatic heterocycles. The molecule has 0 spiro atoms. The maximum absolute atomic E-state index is 13.5. The summed E-state index contributed by atoms with van der Waals surface area (Å²) in [6.45, 7) is 1.97. The molecule has 0 aliphatic carbocycles. The summed E-state index contributed by atoms with van der Waals surface area (Å²) in [5.41, 5.74) is 2.75. The largest absolute Gasteiger partial charge is 0.311 e. The Morgan fingerprint density at radius 2 is 1.87 bits per heavy atom. The van der Waals surface area contributed by atoms with Crippen molar-refractivity contribution in [3.63, 3.8) is 0 Å². The predicted molar refractivity (Wildman–Crippen MR) is 109 cm³/mol. The fraction of sp³-hybridized carbons (Fsp3) is 0.227. The summed E-state index contributed by atoms with van der Waals surface area (Å²) in [6, 6.07) is 12.9. The third kappa shape index (κ3) is 3.56. The van der Waals surface area contributed by atoms with Gasteiger partial charge in [-0.1, -0.05) is 30.3 Å². The zero-order valence-electron chi connectivity index (χ0n) is 16.5. The zero-order valence-corrected chi connectivity index (χ0v) is 16.5. The highest BCUT2D eigenvalue weighted by atomic mass is 19.2. The van der Waals surface area contributed by atoms with Crippen molar-refractivity contribution in [1.82, 2.24) is 9.78 Å². The molecule has 8 heteroatoms. The molecule has 2 aromatic carbocycles. The molecule has 1 N–H and O–H groups in total. The van der Waals surface area contributed by atoms with Crippen LogP contribution in [0, 0.1) is 24.5 Å². The van der Waals surface area contributed by atoms with Crippen molar-refractivity contribution in [2.24, 2.45) is 13.0 Å². The number of aryl methyl sites for hydroxylation is 1. The molecule has 2 heterocycles. The van der Waals surface area contributed by atoms with Gasteiger partial charge in [0.2, 0.25) is 11.8 Å². The van der Waals surface area contributed by atoms with E-state index in [2.05, 4.69) is 10.4 Å². The van der Waals surface area contributed by atoms with Crippen molar-refractivity contribution in [2.75, 3.05) is 16.8 Å². The van der Waals surface area contributed by atoms with Crippen LogP contribution in [0.1, 0.15) is 12.0 Å². The summed E-state index contributed by atoms with van der Waals surface area (Å²) in [4.78, 5) is 26.5. The number of carbonyl (C=O) groups is 2. The van der Waals surface area contributed by atoms with Crippen molar-refractivity contribution in [2.45, 2.75) is 13.3 Å². The van der Waals surface area contributed by atoms with Crippen LogP contribution in [-0.4, -0.2) is 28.1 Å². The number of nitrogens with zero attached hydrogens (tertiary/aromatic N) is 3. The molecule has 1 aromatic heterocycles. The Labute approximate surface area is 172 Å². The number of amides is 2. The lowest BCUT2D eigenvalue weighted by Crippen LogP contribution is -2.28.